The third-order valence-electron chi connectivity index (χ3n) is 4.69. The minimum absolute atomic E-state index is 0.109. The van der Waals surface area contributed by atoms with Crippen LogP contribution in [0.25, 0.3) is 0 Å². The van der Waals surface area contributed by atoms with Gasteiger partial charge in [0.25, 0.3) is 5.91 Å². The van der Waals surface area contributed by atoms with Gasteiger partial charge in [-0.1, -0.05) is 36.4 Å². The van der Waals surface area contributed by atoms with Crippen LogP contribution in [0, 0.1) is 5.82 Å². The molecule has 2 aromatic carbocycles. The zero-order chi connectivity index (χ0) is 18.6. The van der Waals surface area contributed by atoms with Crippen LogP contribution in [-0.2, 0) is 19.5 Å². The number of carbonyl (C=O) groups is 1. The second-order valence-corrected chi connectivity index (χ2v) is 6.53. The fourth-order valence-electron chi connectivity index (χ4n) is 3.17. The van der Waals surface area contributed by atoms with Gasteiger partial charge in [-0.2, -0.15) is 0 Å². The SMILES string of the molecule is O=C(c1ccc(NCc2ccc(F)cc2)nn1)N1CCc2ccccc2C1. The highest BCUT2D eigenvalue weighted by molar-refractivity contribution is 5.92. The van der Waals surface area contributed by atoms with E-state index in [0.717, 1.165) is 12.0 Å². The van der Waals surface area contributed by atoms with Crippen molar-refractivity contribution in [3.05, 3.63) is 88.9 Å². The Labute approximate surface area is 156 Å². The molecule has 0 atom stereocenters. The maximum atomic E-state index is 12.9. The van der Waals surface area contributed by atoms with Crippen LogP contribution in [-0.4, -0.2) is 27.5 Å². The highest BCUT2D eigenvalue weighted by Crippen LogP contribution is 2.20. The Morgan fingerprint density at radius 3 is 2.52 bits per heavy atom. The molecule has 3 aromatic rings. The fraction of sp³-hybridized carbons (Fsp3) is 0.190. The standard InChI is InChI=1S/C21H19FN4O/c22-18-7-5-15(6-8-18)13-23-20-10-9-19(24-25-20)21(27)26-12-11-16-3-1-2-4-17(16)14-26/h1-10H,11-14H2,(H,23,25). The third kappa shape index (κ3) is 3.95. The van der Waals surface area contributed by atoms with E-state index in [9.17, 15) is 9.18 Å². The molecule has 1 aromatic heterocycles. The van der Waals surface area contributed by atoms with Gasteiger partial charge in [0, 0.05) is 19.6 Å². The predicted molar refractivity (Wildman–Crippen MR) is 101 cm³/mol. The van der Waals surface area contributed by atoms with Crippen molar-refractivity contribution in [1.29, 1.82) is 0 Å². The second-order valence-electron chi connectivity index (χ2n) is 6.53. The van der Waals surface area contributed by atoms with E-state index in [1.54, 1.807) is 29.2 Å². The smallest absolute Gasteiger partial charge is 0.274 e. The molecule has 1 N–H and O–H groups in total. The first-order valence-electron chi connectivity index (χ1n) is 8.87. The Morgan fingerprint density at radius 1 is 1.00 bits per heavy atom. The molecule has 1 aliphatic rings. The average molecular weight is 362 g/mol. The molecule has 6 heteroatoms. The van der Waals surface area contributed by atoms with Crippen LogP contribution in [0.5, 0.6) is 0 Å². The van der Waals surface area contributed by atoms with Gasteiger partial charge in [-0.05, 0) is 47.4 Å². The number of fused-ring (bicyclic) bond motifs is 1. The fourth-order valence-corrected chi connectivity index (χ4v) is 3.17. The lowest BCUT2D eigenvalue weighted by Crippen LogP contribution is -2.36. The number of aromatic nitrogens is 2. The number of benzene rings is 2. The Bertz CT molecular complexity index is 941. The molecule has 27 heavy (non-hydrogen) atoms. The molecule has 0 fully saturated rings. The molecular weight excluding hydrogens is 343 g/mol. The van der Waals surface area contributed by atoms with Gasteiger partial charge in [-0.15, -0.1) is 10.2 Å². The topological polar surface area (TPSA) is 58.1 Å². The van der Waals surface area contributed by atoms with Crippen LogP contribution < -0.4 is 5.32 Å². The van der Waals surface area contributed by atoms with E-state index >= 15 is 0 Å². The van der Waals surface area contributed by atoms with Crippen molar-refractivity contribution in [1.82, 2.24) is 15.1 Å². The van der Waals surface area contributed by atoms with Gasteiger partial charge in [0.05, 0.1) is 0 Å². The van der Waals surface area contributed by atoms with Crippen molar-refractivity contribution in [3.8, 4) is 0 Å². The molecule has 4 rings (SSSR count). The first kappa shape index (κ1) is 17.1. The highest BCUT2D eigenvalue weighted by Gasteiger charge is 2.22. The van der Waals surface area contributed by atoms with E-state index in [-0.39, 0.29) is 11.7 Å². The van der Waals surface area contributed by atoms with E-state index in [1.165, 1.54) is 23.3 Å². The summed E-state index contributed by atoms with van der Waals surface area (Å²) in [5, 5.41) is 11.3. The first-order chi connectivity index (χ1) is 13.2. The van der Waals surface area contributed by atoms with E-state index in [2.05, 4.69) is 27.6 Å². The molecular formula is C21H19FN4O. The van der Waals surface area contributed by atoms with Crippen molar-refractivity contribution in [2.75, 3.05) is 11.9 Å². The third-order valence-corrected chi connectivity index (χ3v) is 4.69. The van der Waals surface area contributed by atoms with Crippen LogP contribution in [0.1, 0.15) is 27.2 Å². The summed E-state index contributed by atoms with van der Waals surface area (Å²) in [6.45, 7) is 1.79. The lowest BCUT2D eigenvalue weighted by Gasteiger charge is -2.28. The number of halogens is 1. The minimum Gasteiger partial charge on any atom is -0.365 e. The number of carbonyl (C=O) groups excluding carboxylic acids is 1. The highest BCUT2D eigenvalue weighted by atomic mass is 19.1. The molecule has 0 spiro atoms. The van der Waals surface area contributed by atoms with Crippen molar-refractivity contribution >= 4 is 11.7 Å². The van der Waals surface area contributed by atoms with Gasteiger partial charge in [0.15, 0.2) is 5.69 Å². The number of hydrogen-bond donors (Lipinski definition) is 1. The Morgan fingerprint density at radius 2 is 1.78 bits per heavy atom. The number of hydrogen-bond acceptors (Lipinski definition) is 4. The molecule has 0 saturated heterocycles. The summed E-state index contributed by atoms with van der Waals surface area (Å²) in [4.78, 5) is 14.5. The Balaban J connectivity index is 1.38. The quantitative estimate of drug-likeness (QED) is 0.773. The molecule has 0 radical (unpaired) electrons. The number of amides is 1. The molecule has 0 saturated carbocycles. The zero-order valence-corrected chi connectivity index (χ0v) is 14.7. The van der Waals surface area contributed by atoms with Gasteiger partial charge in [-0.25, -0.2) is 4.39 Å². The summed E-state index contributed by atoms with van der Waals surface area (Å²) < 4.78 is 12.9. The van der Waals surface area contributed by atoms with E-state index in [0.29, 0.717) is 31.1 Å². The van der Waals surface area contributed by atoms with Crippen molar-refractivity contribution in [3.63, 3.8) is 0 Å². The van der Waals surface area contributed by atoms with E-state index in [1.807, 2.05) is 12.1 Å². The zero-order valence-electron chi connectivity index (χ0n) is 14.7. The van der Waals surface area contributed by atoms with Gasteiger partial charge in [0.2, 0.25) is 0 Å². The van der Waals surface area contributed by atoms with Crippen LogP contribution in [0.4, 0.5) is 10.2 Å². The molecule has 1 amide bonds. The summed E-state index contributed by atoms with van der Waals surface area (Å²) in [5.74, 6) is 0.198. The summed E-state index contributed by atoms with van der Waals surface area (Å²) in [7, 11) is 0. The summed E-state index contributed by atoms with van der Waals surface area (Å²) in [5.41, 5.74) is 3.75. The van der Waals surface area contributed by atoms with Gasteiger partial charge in [0.1, 0.15) is 11.6 Å². The number of nitrogens with zero attached hydrogens (tertiary/aromatic N) is 3. The number of anilines is 1. The average Bonchev–Trinajstić information content (AvgIpc) is 2.73. The predicted octanol–water partition coefficient (Wildman–Crippen LogP) is 3.43. The molecule has 1 aliphatic heterocycles. The molecule has 136 valence electrons. The molecule has 0 bridgehead atoms. The minimum atomic E-state index is -0.262. The van der Waals surface area contributed by atoms with E-state index in [4.69, 9.17) is 0 Å². The van der Waals surface area contributed by atoms with Crippen molar-refractivity contribution in [2.24, 2.45) is 0 Å². The van der Waals surface area contributed by atoms with Crippen LogP contribution in [0.2, 0.25) is 0 Å². The maximum absolute atomic E-state index is 12.9. The normalized spacial score (nSPS) is 13.1. The monoisotopic (exact) mass is 362 g/mol. The largest absolute Gasteiger partial charge is 0.365 e. The lowest BCUT2D eigenvalue weighted by atomic mass is 10.00. The molecule has 0 unspecified atom stereocenters. The summed E-state index contributed by atoms with van der Waals surface area (Å²) in [6.07, 6.45) is 0.854. The van der Waals surface area contributed by atoms with Gasteiger partial charge < -0.3 is 10.2 Å². The van der Waals surface area contributed by atoms with E-state index < -0.39 is 0 Å². The Hall–Kier alpha value is -3.28. The summed E-state index contributed by atoms with van der Waals surface area (Å²) >= 11 is 0. The maximum Gasteiger partial charge on any atom is 0.274 e. The van der Waals surface area contributed by atoms with Gasteiger partial charge in [-0.3, -0.25) is 4.79 Å². The number of nitrogens with one attached hydrogen (secondary N) is 1. The van der Waals surface area contributed by atoms with Crippen molar-refractivity contribution < 1.29 is 9.18 Å². The van der Waals surface area contributed by atoms with Crippen LogP contribution in [0.15, 0.2) is 60.7 Å². The van der Waals surface area contributed by atoms with Crippen LogP contribution >= 0.6 is 0 Å². The first-order valence-corrected chi connectivity index (χ1v) is 8.87. The van der Waals surface area contributed by atoms with Crippen LogP contribution in [0.3, 0.4) is 0 Å². The molecule has 0 aliphatic carbocycles. The second kappa shape index (κ2) is 7.53. The Kier molecular flexibility index (Phi) is 4.78. The van der Waals surface area contributed by atoms with Crippen molar-refractivity contribution in [2.45, 2.75) is 19.5 Å². The van der Waals surface area contributed by atoms with Gasteiger partial charge >= 0.3 is 0 Å². The summed E-state index contributed by atoms with van der Waals surface area (Å²) in [6, 6.07) is 17.9. The molecule has 5 nitrogen and oxygen atoms in total. The molecule has 2 heterocycles. The number of rotatable bonds is 4. The lowest BCUT2D eigenvalue weighted by molar-refractivity contribution is 0.0727.